The van der Waals surface area contributed by atoms with Crippen LogP contribution in [0.1, 0.15) is 21.5 Å². The summed E-state index contributed by atoms with van der Waals surface area (Å²) >= 11 is 0. The minimum absolute atomic E-state index is 0.160. The van der Waals surface area contributed by atoms with Crippen LogP contribution >= 0.6 is 0 Å². The third-order valence-electron chi connectivity index (χ3n) is 3.57. The van der Waals surface area contributed by atoms with Gasteiger partial charge in [0, 0.05) is 30.4 Å². The molecule has 0 spiro atoms. The highest BCUT2D eigenvalue weighted by atomic mass is 16.5. The summed E-state index contributed by atoms with van der Waals surface area (Å²) in [6.07, 6.45) is 0. The van der Waals surface area contributed by atoms with E-state index in [9.17, 15) is 9.59 Å². The maximum Gasteiger partial charge on any atom is 0.316 e. The van der Waals surface area contributed by atoms with E-state index in [4.69, 9.17) is 10.5 Å². The van der Waals surface area contributed by atoms with Crippen LogP contribution < -0.4 is 15.8 Å². The maximum atomic E-state index is 12.6. The number of nitrogens with two attached hydrogens (primary N) is 1. The van der Waals surface area contributed by atoms with Crippen LogP contribution in [0.5, 0.6) is 5.75 Å². The monoisotopic (exact) mass is 327 g/mol. The number of carbonyl (C=O) groups excluding carboxylic acids is 2. The van der Waals surface area contributed by atoms with Crippen molar-refractivity contribution >= 4 is 17.6 Å². The van der Waals surface area contributed by atoms with Crippen LogP contribution in [0.4, 0.5) is 10.5 Å². The van der Waals surface area contributed by atoms with Gasteiger partial charge in [0.1, 0.15) is 5.75 Å². The van der Waals surface area contributed by atoms with Crippen LogP contribution in [-0.4, -0.2) is 31.0 Å². The molecule has 0 aliphatic rings. The van der Waals surface area contributed by atoms with Gasteiger partial charge in [0.05, 0.1) is 7.11 Å². The van der Waals surface area contributed by atoms with Crippen molar-refractivity contribution in [3.05, 3.63) is 59.2 Å². The Kier molecular flexibility index (Phi) is 5.42. The summed E-state index contributed by atoms with van der Waals surface area (Å²) in [7, 11) is 3.33. The number of amides is 3. The zero-order valence-corrected chi connectivity index (χ0v) is 14.0. The Morgan fingerprint density at radius 3 is 2.62 bits per heavy atom. The van der Waals surface area contributed by atoms with E-state index in [1.165, 1.54) is 0 Å². The van der Waals surface area contributed by atoms with Crippen molar-refractivity contribution < 1.29 is 14.3 Å². The third kappa shape index (κ3) is 4.25. The molecule has 24 heavy (non-hydrogen) atoms. The summed E-state index contributed by atoms with van der Waals surface area (Å²) in [5.41, 5.74) is 8.08. The smallest absolute Gasteiger partial charge is 0.316 e. The number of ether oxygens (including phenoxy) is 1. The minimum atomic E-state index is -0.669. The van der Waals surface area contributed by atoms with E-state index >= 15 is 0 Å². The average molecular weight is 327 g/mol. The number of methoxy groups -OCH3 is 1. The first kappa shape index (κ1) is 17.3. The van der Waals surface area contributed by atoms with Gasteiger partial charge in [0.2, 0.25) is 0 Å². The van der Waals surface area contributed by atoms with Crippen molar-refractivity contribution in [3.63, 3.8) is 0 Å². The molecule has 0 aliphatic carbocycles. The number of hydrogen-bond acceptors (Lipinski definition) is 3. The number of nitrogens with zero attached hydrogens (tertiary/aromatic N) is 1. The van der Waals surface area contributed by atoms with Gasteiger partial charge >= 0.3 is 6.03 Å². The van der Waals surface area contributed by atoms with Crippen molar-refractivity contribution in [3.8, 4) is 5.75 Å². The Morgan fingerprint density at radius 2 is 1.96 bits per heavy atom. The largest absolute Gasteiger partial charge is 0.496 e. The number of nitrogens with one attached hydrogen (secondary N) is 1. The molecular weight excluding hydrogens is 306 g/mol. The molecule has 126 valence electrons. The fourth-order valence-corrected chi connectivity index (χ4v) is 2.45. The van der Waals surface area contributed by atoms with Crippen molar-refractivity contribution in [1.82, 2.24) is 4.90 Å². The van der Waals surface area contributed by atoms with Crippen molar-refractivity contribution in [1.29, 1.82) is 0 Å². The average Bonchev–Trinajstić information content (AvgIpc) is 2.54. The lowest BCUT2D eigenvalue weighted by molar-refractivity contribution is 0.0784. The van der Waals surface area contributed by atoms with E-state index in [1.807, 2.05) is 25.1 Å². The Balaban J connectivity index is 2.18. The zero-order valence-electron chi connectivity index (χ0n) is 14.0. The first-order chi connectivity index (χ1) is 11.4. The lowest BCUT2D eigenvalue weighted by atomic mass is 10.1. The Hall–Kier alpha value is -3.02. The zero-order chi connectivity index (χ0) is 17.7. The standard InChI is InChI=1S/C18H21N3O3/c1-12-7-8-16(24-3)14(9-12)11-21(2)17(22)13-5-4-6-15(10-13)20-18(19)23/h4-10H,11H2,1-3H3,(H3,19,20,23). The van der Waals surface area contributed by atoms with E-state index in [2.05, 4.69) is 5.32 Å². The number of rotatable bonds is 5. The van der Waals surface area contributed by atoms with Crippen molar-refractivity contribution in [2.45, 2.75) is 13.5 Å². The first-order valence-electron chi connectivity index (χ1n) is 7.46. The molecule has 0 saturated carbocycles. The molecule has 2 aromatic rings. The first-order valence-corrected chi connectivity index (χ1v) is 7.46. The molecular formula is C18H21N3O3. The molecule has 0 fully saturated rings. The lowest BCUT2D eigenvalue weighted by Gasteiger charge is -2.19. The van der Waals surface area contributed by atoms with Gasteiger partial charge in [-0.3, -0.25) is 4.79 Å². The second-order valence-electron chi connectivity index (χ2n) is 5.55. The Labute approximate surface area is 141 Å². The molecule has 0 aliphatic heterocycles. The summed E-state index contributed by atoms with van der Waals surface area (Å²) in [5, 5.41) is 2.46. The Morgan fingerprint density at radius 1 is 1.21 bits per heavy atom. The van der Waals surface area contributed by atoms with Crippen LogP contribution in [0.15, 0.2) is 42.5 Å². The van der Waals surface area contributed by atoms with Crippen molar-refractivity contribution in [2.75, 3.05) is 19.5 Å². The molecule has 6 nitrogen and oxygen atoms in total. The van der Waals surface area contributed by atoms with E-state index in [0.717, 1.165) is 16.9 Å². The van der Waals surface area contributed by atoms with E-state index in [-0.39, 0.29) is 5.91 Å². The fourth-order valence-electron chi connectivity index (χ4n) is 2.45. The predicted molar refractivity (Wildman–Crippen MR) is 93.2 cm³/mol. The molecule has 0 aromatic heterocycles. The molecule has 3 amide bonds. The normalized spacial score (nSPS) is 10.1. The number of urea groups is 1. The molecule has 3 N–H and O–H groups in total. The molecule has 0 unspecified atom stereocenters. The lowest BCUT2D eigenvalue weighted by Crippen LogP contribution is -2.26. The SMILES string of the molecule is COc1ccc(C)cc1CN(C)C(=O)c1cccc(NC(N)=O)c1. The van der Waals surface area contributed by atoms with Gasteiger partial charge < -0.3 is 20.7 Å². The summed E-state index contributed by atoms with van der Waals surface area (Å²) in [6, 6.07) is 11.8. The van der Waals surface area contributed by atoms with Gasteiger partial charge in [-0.05, 0) is 31.2 Å². The third-order valence-corrected chi connectivity index (χ3v) is 3.57. The van der Waals surface area contributed by atoms with E-state index in [1.54, 1.807) is 43.3 Å². The maximum absolute atomic E-state index is 12.6. The number of aryl methyl sites for hydroxylation is 1. The number of primary amides is 1. The predicted octanol–water partition coefficient (Wildman–Crippen LogP) is 2.77. The number of benzene rings is 2. The van der Waals surface area contributed by atoms with Gasteiger partial charge in [-0.15, -0.1) is 0 Å². The molecule has 6 heteroatoms. The molecule has 2 rings (SSSR count). The molecule has 0 heterocycles. The van der Waals surface area contributed by atoms with Crippen molar-refractivity contribution in [2.24, 2.45) is 5.73 Å². The summed E-state index contributed by atoms with van der Waals surface area (Å²) < 4.78 is 5.35. The number of anilines is 1. The second-order valence-corrected chi connectivity index (χ2v) is 5.55. The van der Waals surface area contributed by atoms with Gasteiger partial charge in [0.15, 0.2) is 0 Å². The molecule has 0 bridgehead atoms. The summed E-state index contributed by atoms with van der Waals surface area (Å²) in [6.45, 7) is 2.40. The van der Waals surface area contributed by atoms with E-state index in [0.29, 0.717) is 17.8 Å². The molecule has 0 saturated heterocycles. The fraction of sp³-hybridized carbons (Fsp3) is 0.222. The molecule has 0 atom stereocenters. The van der Waals surface area contributed by atoms with Gasteiger partial charge in [-0.25, -0.2) is 4.79 Å². The van der Waals surface area contributed by atoms with Crippen LogP contribution in [0, 0.1) is 6.92 Å². The van der Waals surface area contributed by atoms with Crippen LogP contribution in [0.3, 0.4) is 0 Å². The number of hydrogen-bond donors (Lipinski definition) is 2. The Bertz CT molecular complexity index is 759. The quantitative estimate of drug-likeness (QED) is 0.885. The highest BCUT2D eigenvalue weighted by molar-refractivity contribution is 5.96. The van der Waals surface area contributed by atoms with Gasteiger partial charge in [0.25, 0.3) is 5.91 Å². The highest BCUT2D eigenvalue weighted by Crippen LogP contribution is 2.22. The number of carbonyl (C=O) groups is 2. The minimum Gasteiger partial charge on any atom is -0.496 e. The van der Waals surface area contributed by atoms with Crippen LogP contribution in [0.25, 0.3) is 0 Å². The second kappa shape index (κ2) is 7.50. The highest BCUT2D eigenvalue weighted by Gasteiger charge is 2.15. The topological polar surface area (TPSA) is 84.7 Å². The van der Waals surface area contributed by atoms with Crippen LogP contribution in [-0.2, 0) is 6.54 Å². The summed E-state index contributed by atoms with van der Waals surface area (Å²) in [5.74, 6) is 0.580. The molecule has 2 aromatic carbocycles. The van der Waals surface area contributed by atoms with Gasteiger partial charge in [-0.2, -0.15) is 0 Å². The van der Waals surface area contributed by atoms with Crippen LogP contribution in [0.2, 0.25) is 0 Å². The molecule has 0 radical (unpaired) electrons. The summed E-state index contributed by atoms with van der Waals surface area (Å²) in [4.78, 5) is 25.1. The van der Waals surface area contributed by atoms with Gasteiger partial charge in [-0.1, -0.05) is 23.8 Å². The van der Waals surface area contributed by atoms with E-state index < -0.39 is 6.03 Å².